The SMILES string of the molecule is ONONO. The first-order valence-electron chi connectivity index (χ1n) is 0.855. The summed E-state index contributed by atoms with van der Waals surface area (Å²) >= 11 is 0. The van der Waals surface area contributed by atoms with Crippen molar-refractivity contribution in [3.63, 3.8) is 0 Å². The molecule has 0 aromatic heterocycles. The predicted octanol–water partition coefficient (Wildman–Crippen LogP) is -1.21. The van der Waals surface area contributed by atoms with Gasteiger partial charge in [-0.1, -0.05) is 11.3 Å². The van der Waals surface area contributed by atoms with Crippen LogP contribution >= 0.6 is 0 Å². The van der Waals surface area contributed by atoms with Crippen LogP contribution in [0.4, 0.5) is 0 Å². The van der Waals surface area contributed by atoms with Gasteiger partial charge in [0, 0.05) is 0 Å². The average molecular weight is 80.0 g/mol. The summed E-state index contributed by atoms with van der Waals surface area (Å²) < 4.78 is 0. The Labute approximate surface area is 28.0 Å². The molecule has 0 fully saturated rings. The fourth-order valence-electron chi connectivity index (χ4n) is 0.0204. The summed E-state index contributed by atoms with van der Waals surface area (Å²) in [7, 11) is 0. The van der Waals surface area contributed by atoms with E-state index >= 15 is 0 Å². The van der Waals surface area contributed by atoms with Crippen molar-refractivity contribution < 1.29 is 15.4 Å². The zero-order chi connectivity index (χ0) is 4.12. The minimum atomic E-state index is 1.16. The zero-order valence-corrected chi connectivity index (χ0v) is 2.30. The van der Waals surface area contributed by atoms with Crippen molar-refractivity contribution in [1.29, 1.82) is 0 Å². The monoisotopic (exact) mass is 80.0 g/mol. The van der Waals surface area contributed by atoms with E-state index in [0.29, 0.717) is 0 Å². The van der Waals surface area contributed by atoms with Crippen molar-refractivity contribution in [1.82, 2.24) is 11.3 Å². The Hall–Kier alpha value is -0.200. The van der Waals surface area contributed by atoms with Crippen LogP contribution in [0.1, 0.15) is 0 Å². The first kappa shape index (κ1) is 4.80. The van der Waals surface area contributed by atoms with Crippen LogP contribution in [0.5, 0.6) is 0 Å². The molecule has 4 N–H and O–H groups in total. The van der Waals surface area contributed by atoms with Crippen molar-refractivity contribution in [3.8, 4) is 0 Å². The van der Waals surface area contributed by atoms with Crippen LogP contribution in [0.15, 0.2) is 0 Å². The van der Waals surface area contributed by atoms with Crippen LogP contribution in [0.25, 0.3) is 0 Å². The second-order valence-electron chi connectivity index (χ2n) is 0.285. The molecule has 0 aliphatic heterocycles. The largest absolute Gasteiger partial charge is 0.291 e. The van der Waals surface area contributed by atoms with Gasteiger partial charge in [-0.05, 0) is 0 Å². The molecule has 0 spiro atoms. The van der Waals surface area contributed by atoms with Crippen LogP contribution in [0.3, 0.4) is 0 Å². The molecule has 0 saturated carbocycles. The third kappa shape index (κ3) is 3.80. The van der Waals surface area contributed by atoms with Gasteiger partial charge in [0.2, 0.25) is 0 Å². The number of rotatable bonds is 2. The Kier molecular flexibility index (Phi) is 3.65. The normalized spacial score (nSPS) is 8.40. The van der Waals surface area contributed by atoms with Gasteiger partial charge in [0.15, 0.2) is 0 Å². The van der Waals surface area contributed by atoms with Gasteiger partial charge in [-0.15, -0.1) is 0 Å². The molecule has 0 atom stereocenters. The lowest BCUT2D eigenvalue weighted by atomic mass is 13.0. The molecule has 5 heavy (non-hydrogen) atoms. The van der Waals surface area contributed by atoms with Gasteiger partial charge in [0.25, 0.3) is 0 Å². The highest BCUT2D eigenvalue weighted by Crippen LogP contribution is 1.34. The molecule has 0 unspecified atom stereocenters. The lowest BCUT2D eigenvalue weighted by Gasteiger charge is -1.87. The summed E-state index contributed by atoms with van der Waals surface area (Å²) in [5.41, 5.74) is 2.31. The Morgan fingerprint density at radius 3 is 1.60 bits per heavy atom. The fourth-order valence-corrected chi connectivity index (χ4v) is 0.0204. The molecule has 0 aromatic rings. The summed E-state index contributed by atoms with van der Waals surface area (Å²) in [6.07, 6.45) is 0. The third-order valence-electron chi connectivity index (χ3n) is 0.0913. The standard InChI is InChI=1S/H4N2O3/c3-1-5-2-4/h1-4H. The van der Waals surface area contributed by atoms with Crippen LogP contribution in [0.2, 0.25) is 0 Å². The Balaban J connectivity index is 2.19. The topological polar surface area (TPSA) is 73.8 Å². The number of hydrogen-bond donors (Lipinski definition) is 4. The van der Waals surface area contributed by atoms with Gasteiger partial charge >= 0.3 is 0 Å². The maximum absolute atomic E-state index is 7.37. The van der Waals surface area contributed by atoms with Crippen LogP contribution in [0, 0.1) is 0 Å². The van der Waals surface area contributed by atoms with E-state index < -0.39 is 0 Å². The van der Waals surface area contributed by atoms with Gasteiger partial charge in [-0.2, -0.15) is 4.94 Å². The van der Waals surface area contributed by atoms with E-state index in [1.54, 1.807) is 0 Å². The van der Waals surface area contributed by atoms with Crippen LogP contribution in [-0.4, -0.2) is 10.4 Å². The molecule has 0 bridgehead atoms. The molecule has 0 aliphatic carbocycles. The second kappa shape index (κ2) is 3.80. The van der Waals surface area contributed by atoms with Gasteiger partial charge < -0.3 is 0 Å². The Morgan fingerprint density at radius 2 is 1.60 bits per heavy atom. The van der Waals surface area contributed by atoms with Gasteiger partial charge in [-0.25, -0.2) is 0 Å². The van der Waals surface area contributed by atoms with Gasteiger partial charge in [0.05, 0.1) is 0 Å². The Bertz CT molecular complexity index is 12.4. The fraction of sp³-hybridized carbons (Fsp3) is 0. The lowest BCUT2D eigenvalue weighted by molar-refractivity contribution is -0.251. The third-order valence-corrected chi connectivity index (χ3v) is 0.0913. The molecule has 0 heterocycles. The van der Waals surface area contributed by atoms with Crippen LogP contribution in [-0.2, 0) is 4.94 Å². The lowest BCUT2D eigenvalue weighted by Crippen LogP contribution is -2.18. The summed E-state index contributed by atoms with van der Waals surface area (Å²) in [6.45, 7) is 0. The van der Waals surface area contributed by atoms with E-state index in [4.69, 9.17) is 10.4 Å². The van der Waals surface area contributed by atoms with E-state index in [2.05, 4.69) is 4.94 Å². The molecule has 0 aromatic carbocycles. The molecule has 5 heteroatoms. The highest BCUT2D eigenvalue weighted by Gasteiger charge is 1.60. The smallest absolute Gasteiger partial charge is 0.0598 e. The van der Waals surface area contributed by atoms with Crippen molar-refractivity contribution in [2.75, 3.05) is 0 Å². The quantitative estimate of drug-likeness (QED) is 0.313. The van der Waals surface area contributed by atoms with Gasteiger partial charge in [0.1, 0.15) is 0 Å². The molecule has 0 saturated heterocycles. The number of nitrogens with one attached hydrogen (secondary N) is 2. The zero-order valence-electron chi connectivity index (χ0n) is 2.30. The van der Waals surface area contributed by atoms with E-state index in [1.165, 1.54) is 0 Å². The van der Waals surface area contributed by atoms with Crippen molar-refractivity contribution in [3.05, 3.63) is 0 Å². The Morgan fingerprint density at radius 1 is 1.20 bits per heavy atom. The predicted molar refractivity (Wildman–Crippen MR) is 10.9 cm³/mol. The summed E-state index contributed by atoms with van der Waals surface area (Å²) in [4.78, 5) is 3.44. The molecular formula is H4N2O3. The van der Waals surface area contributed by atoms with Crippen molar-refractivity contribution >= 4 is 0 Å². The maximum atomic E-state index is 7.37. The van der Waals surface area contributed by atoms with Crippen molar-refractivity contribution in [2.45, 2.75) is 0 Å². The van der Waals surface area contributed by atoms with Gasteiger partial charge in [-0.3, -0.25) is 10.4 Å². The summed E-state index contributed by atoms with van der Waals surface area (Å²) in [5, 5.41) is 14.7. The molecule has 0 amide bonds. The van der Waals surface area contributed by atoms with Crippen LogP contribution < -0.4 is 11.3 Å². The first-order chi connectivity index (χ1) is 2.41. The molecular weight excluding hydrogens is 76.0 g/mol. The summed E-state index contributed by atoms with van der Waals surface area (Å²) in [5.74, 6) is 0. The van der Waals surface area contributed by atoms with E-state index in [-0.39, 0.29) is 0 Å². The minimum absolute atomic E-state index is 1.16. The molecule has 5 nitrogen and oxygen atoms in total. The van der Waals surface area contributed by atoms with E-state index in [1.807, 2.05) is 0 Å². The molecule has 0 radical (unpaired) electrons. The highest BCUT2D eigenvalue weighted by molar-refractivity contribution is 3.42. The minimum Gasteiger partial charge on any atom is -0.291 e. The summed E-state index contributed by atoms with van der Waals surface area (Å²) in [6, 6.07) is 0. The number of hydrogen-bond acceptors (Lipinski definition) is 5. The average Bonchev–Trinajstić information content (AvgIpc) is 1.41. The highest BCUT2D eigenvalue weighted by atomic mass is 17.0. The molecule has 0 aliphatic rings. The second-order valence-corrected chi connectivity index (χ2v) is 0.285. The first-order valence-corrected chi connectivity index (χ1v) is 0.855. The molecule has 0 rings (SSSR count). The van der Waals surface area contributed by atoms with E-state index in [9.17, 15) is 0 Å². The van der Waals surface area contributed by atoms with E-state index in [0.717, 1.165) is 11.3 Å². The van der Waals surface area contributed by atoms with Crippen molar-refractivity contribution in [2.24, 2.45) is 0 Å². The molecule has 32 valence electrons. The maximum Gasteiger partial charge on any atom is -0.0598 e.